The second kappa shape index (κ2) is 7.45. The summed E-state index contributed by atoms with van der Waals surface area (Å²) in [7, 11) is 0. The van der Waals surface area contributed by atoms with Crippen molar-refractivity contribution in [3.05, 3.63) is 88.2 Å². The first-order valence-corrected chi connectivity index (χ1v) is 8.60. The van der Waals surface area contributed by atoms with Crippen molar-refractivity contribution >= 4 is 21.8 Å². The first-order valence-electron chi connectivity index (χ1n) is 7.81. The standard InChI is InChI=1S/C19H18BrN3O/c1-2-23-13-16(12-21-23)19(24)22-18(14-6-4-3-5-7-14)15-8-10-17(20)11-9-15/h3-13,18H,2H2,1H3,(H,22,24). The van der Waals surface area contributed by atoms with Crippen LogP contribution in [0.5, 0.6) is 0 Å². The van der Waals surface area contributed by atoms with Crippen LogP contribution in [-0.4, -0.2) is 15.7 Å². The molecule has 5 heteroatoms. The highest BCUT2D eigenvalue weighted by Gasteiger charge is 2.18. The maximum atomic E-state index is 12.6. The van der Waals surface area contributed by atoms with E-state index in [4.69, 9.17) is 0 Å². The van der Waals surface area contributed by atoms with Crippen molar-refractivity contribution < 1.29 is 4.79 Å². The van der Waals surface area contributed by atoms with E-state index in [0.29, 0.717) is 5.56 Å². The molecule has 0 fully saturated rings. The zero-order valence-electron chi connectivity index (χ0n) is 13.3. The Hall–Kier alpha value is -2.40. The van der Waals surface area contributed by atoms with Crippen molar-refractivity contribution in [2.24, 2.45) is 0 Å². The number of amides is 1. The number of rotatable bonds is 5. The average molecular weight is 384 g/mol. The number of aromatic nitrogens is 2. The number of hydrogen-bond acceptors (Lipinski definition) is 2. The Bertz CT molecular complexity index is 812. The summed E-state index contributed by atoms with van der Waals surface area (Å²) in [6.07, 6.45) is 3.36. The van der Waals surface area contributed by atoms with Gasteiger partial charge in [-0.15, -0.1) is 0 Å². The fraction of sp³-hybridized carbons (Fsp3) is 0.158. The predicted octanol–water partition coefficient (Wildman–Crippen LogP) is 4.18. The van der Waals surface area contributed by atoms with Crippen LogP contribution < -0.4 is 5.32 Å². The Labute approximate surface area is 149 Å². The van der Waals surface area contributed by atoms with Gasteiger partial charge in [-0.25, -0.2) is 0 Å². The summed E-state index contributed by atoms with van der Waals surface area (Å²) in [6, 6.07) is 17.7. The van der Waals surface area contributed by atoms with Gasteiger partial charge in [-0.05, 0) is 30.2 Å². The van der Waals surface area contributed by atoms with Crippen LogP contribution in [0.4, 0.5) is 0 Å². The van der Waals surface area contributed by atoms with Crippen LogP contribution >= 0.6 is 15.9 Å². The molecule has 122 valence electrons. The third-order valence-corrected chi connectivity index (χ3v) is 4.36. The van der Waals surface area contributed by atoms with E-state index in [0.717, 1.165) is 22.1 Å². The van der Waals surface area contributed by atoms with Gasteiger partial charge < -0.3 is 5.32 Å². The Morgan fingerprint density at radius 1 is 1.12 bits per heavy atom. The lowest BCUT2D eigenvalue weighted by Gasteiger charge is -2.19. The minimum absolute atomic E-state index is 0.133. The molecule has 2 aromatic carbocycles. The molecule has 1 N–H and O–H groups in total. The molecule has 4 nitrogen and oxygen atoms in total. The van der Waals surface area contributed by atoms with Gasteiger partial charge in [-0.2, -0.15) is 5.10 Å². The molecule has 0 aliphatic carbocycles. The molecule has 1 heterocycles. The van der Waals surface area contributed by atoms with Crippen molar-refractivity contribution in [1.82, 2.24) is 15.1 Å². The van der Waals surface area contributed by atoms with Gasteiger partial charge in [0.1, 0.15) is 0 Å². The van der Waals surface area contributed by atoms with Gasteiger partial charge in [-0.3, -0.25) is 9.48 Å². The van der Waals surface area contributed by atoms with Crippen LogP contribution in [0, 0.1) is 0 Å². The molecule has 3 aromatic rings. The lowest BCUT2D eigenvalue weighted by Crippen LogP contribution is -2.29. The summed E-state index contributed by atoms with van der Waals surface area (Å²) < 4.78 is 2.75. The summed E-state index contributed by atoms with van der Waals surface area (Å²) in [6.45, 7) is 2.73. The van der Waals surface area contributed by atoms with Crippen LogP contribution in [0.2, 0.25) is 0 Å². The SMILES string of the molecule is CCn1cc(C(=O)NC(c2ccccc2)c2ccc(Br)cc2)cn1. The predicted molar refractivity (Wildman–Crippen MR) is 97.8 cm³/mol. The van der Waals surface area contributed by atoms with Crippen LogP contribution in [0.1, 0.15) is 34.5 Å². The number of benzene rings is 2. The fourth-order valence-electron chi connectivity index (χ4n) is 2.53. The molecule has 0 bridgehead atoms. The summed E-state index contributed by atoms with van der Waals surface area (Å²) >= 11 is 3.45. The second-order valence-corrected chi connectivity index (χ2v) is 6.37. The highest BCUT2D eigenvalue weighted by molar-refractivity contribution is 9.10. The number of hydrogen-bond donors (Lipinski definition) is 1. The lowest BCUT2D eigenvalue weighted by atomic mass is 9.98. The minimum Gasteiger partial charge on any atom is -0.341 e. The topological polar surface area (TPSA) is 46.9 Å². The molecule has 0 saturated heterocycles. The smallest absolute Gasteiger partial charge is 0.255 e. The van der Waals surface area contributed by atoms with Gasteiger partial charge >= 0.3 is 0 Å². The van der Waals surface area contributed by atoms with E-state index in [1.165, 1.54) is 0 Å². The molecule has 1 unspecified atom stereocenters. The first kappa shape index (κ1) is 16.5. The van der Waals surface area contributed by atoms with Gasteiger partial charge in [0.15, 0.2) is 0 Å². The number of aryl methyl sites for hydroxylation is 1. The molecule has 0 spiro atoms. The van der Waals surface area contributed by atoms with E-state index in [9.17, 15) is 4.79 Å². The zero-order valence-corrected chi connectivity index (χ0v) is 14.9. The summed E-state index contributed by atoms with van der Waals surface area (Å²) in [5.74, 6) is -0.133. The van der Waals surface area contributed by atoms with Crippen LogP contribution in [0.3, 0.4) is 0 Å². The Morgan fingerprint density at radius 2 is 1.79 bits per heavy atom. The monoisotopic (exact) mass is 383 g/mol. The molecule has 0 aliphatic rings. The minimum atomic E-state index is -0.211. The number of halogens is 1. The number of nitrogens with one attached hydrogen (secondary N) is 1. The number of carbonyl (C=O) groups is 1. The number of carbonyl (C=O) groups excluding carboxylic acids is 1. The van der Waals surface area contributed by atoms with Crippen molar-refractivity contribution in [2.75, 3.05) is 0 Å². The highest BCUT2D eigenvalue weighted by Crippen LogP contribution is 2.24. The van der Waals surface area contributed by atoms with Crippen LogP contribution in [-0.2, 0) is 6.54 Å². The quantitative estimate of drug-likeness (QED) is 0.717. The average Bonchev–Trinajstić information content (AvgIpc) is 3.10. The van der Waals surface area contributed by atoms with Gasteiger partial charge in [0, 0.05) is 17.2 Å². The molecule has 24 heavy (non-hydrogen) atoms. The highest BCUT2D eigenvalue weighted by atomic mass is 79.9. The number of nitrogens with zero attached hydrogens (tertiary/aromatic N) is 2. The maximum Gasteiger partial charge on any atom is 0.255 e. The summed E-state index contributed by atoms with van der Waals surface area (Å²) in [4.78, 5) is 12.6. The largest absolute Gasteiger partial charge is 0.341 e. The van der Waals surface area contributed by atoms with Crippen molar-refractivity contribution in [3.63, 3.8) is 0 Å². The van der Waals surface area contributed by atoms with E-state index in [-0.39, 0.29) is 11.9 Å². The van der Waals surface area contributed by atoms with E-state index in [1.54, 1.807) is 17.1 Å². The van der Waals surface area contributed by atoms with Crippen molar-refractivity contribution in [2.45, 2.75) is 19.5 Å². The second-order valence-electron chi connectivity index (χ2n) is 5.45. The molecule has 1 amide bonds. The van der Waals surface area contributed by atoms with Gasteiger partial charge in [0.25, 0.3) is 5.91 Å². The Morgan fingerprint density at radius 3 is 2.42 bits per heavy atom. The van der Waals surface area contributed by atoms with E-state index in [1.807, 2.05) is 61.5 Å². The van der Waals surface area contributed by atoms with Gasteiger partial charge in [0.05, 0.1) is 17.8 Å². The van der Waals surface area contributed by atoms with Gasteiger partial charge in [0.2, 0.25) is 0 Å². The van der Waals surface area contributed by atoms with E-state index in [2.05, 4.69) is 26.3 Å². The molecule has 1 aromatic heterocycles. The normalized spacial score (nSPS) is 11.9. The molecular formula is C19H18BrN3O. The van der Waals surface area contributed by atoms with E-state index < -0.39 is 0 Å². The molecule has 3 rings (SSSR count). The summed E-state index contributed by atoms with van der Waals surface area (Å²) in [5, 5.41) is 7.28. The Kier molecular flexibility index (Phi) is 5.11. The molecule has 0 saturated carbocycles. The third-order valence-electron chi connectivity index (χ3n) is 3.83. The van der Waals surface area contributed by atoms with Crippen LogP contribution in [0.25, 0.3) is 0 Å². The van der Waals surface area contributed by atoms with Crippen LogP contribution in [0.15, 0.2) is 71.5 Å². The Balaban J connectivity index is 1.90. The molecular weight excluding hydrogens is 366 g/mol. The lowest BCUT2D eigenvalue weighted by molar-refractivity contribution is 0.0943. The third kappa shape index (κ3) is 3.74. The molecule has 0 aliphatic heterocycles. The first-order chi connectivity index (χ1) is 11.7. The fourth-order valence-corrected chi connectivity index (χ4v) is 2.79. The molecule has 1 atom stereocenters. The van der Waals surface area contributed by atoms with Crippen molar-refractivity contribution in [1.29, 1.82) is 0 Å². The van der Waals surface area contributed by atoms with Gasteiger partial charge in [-0.1, -0.05) is 58.4 Å². The van der Waals surface area contributed by atoms with E-state index >= 15 is 0 Å². The summed E-state index contributed by atoms with van der Waals surface area (Å²) in [5.41, 5.74) is 2.63. The zero-order chi connectivity index (χ0) is 16.9. The maximum absolute atomic E-state index is 12.6. The van der Waals surface area contributed by atoms with Crippen molar-refractivity contribution in [3.8, 4) is 0 Å². The molecule has 0 radical (unpaired) electrons.